The van der Waals surface area contributed by atoms with E-state index in [-0.39, 0.29) is 18.8 Å². The number of carbonyl (C=O) groups is 2. The molecule has 4 rings (SSSR count). The number of rotatable bonds is 7. The predicted molar refractivity (Wildman–Crippen MR) is 116 cm³/mol. The van der Waals surface area contributed by atoms with Crippen LogP contribution < -0.4 is 5.32 Å². The summed E-state index contributed by atoms with van der Waals surface area (Å²) in [6, 6.07) is 12.7. The number of nitrogens with zero attached hydrogens (tertiary/aromatic N) is 4. The van der Waals surface area contributed by atoms with Crippen LogP contribution in [0.4, 0.5) is 0 Å². The van der Waals surface area contributed by atoms with E-state index in [0.717, 1.165) is 17.0 Å². The third-order valence-corrected chi connectivity index (χ3v) is 4.83. The molecule has 0 bridgehead atoms. The quantitative estimate of drug-likeness (QED) is 0.428. The van der Waals surface area contributed by atoms with E-state index >= 15 is 0 Å². The van der Waals surface area contributed by atoms with Crippen LogP contribution >= 0.6 is 11.6 Å². The van der Waals surface area contributed by atoms with Crippen molar-refractivity contribution in [3.8, 4) is 11.3 Å². The molecule has 9 nitrogen and oxygen atoms in total. The smallest absolute Gasteiger partial charge is 0.314 e. The summed E-state index contributed by atoms with van der Waals surface area (Å²) < 4.78 is 12.3. The molecule has 3 aromatic heterocycles. The van der Waals surface area contributed by atoms with Crippen molar-refractivity contribution in [1.29, 1.82) is 0 Å². The first-order chi connectivity index (χ1) is 15.4. The second kappa shape index (κ2) is 9.19. The molecule has 0 saturated carbocycles. The van der Waals surface area contributed by atoms with Crippen LogP contribution in [0.5, 0.6) is 0 Å². The summed E-state index contributed by atoms with van der Waals surface area (Å²) in [6.07, 6.45) is -0.155. The highest BCUT2D eigenvalue weighted by atomic mass is 35.5. The van der Waals surface area contributed by atoms with Gasteiger partial charge in [-0.05, 0) is 56.3 Å². The Morgan fingerprint density at radius 2 is 1.91 bits per heavy atom. The normalized spacial score (nSPS) is 11.0. The standard InChI is InChI=1S/C22H20ClN5O4/c1-13-9-14(2)28-22(25-13)26-19(27-28)10-21(30)31-12-20(29)24-11-17-7-8-18(32-17)15-3-5-16(23)6-4-15/h3-9H,10-12H2,1-2H3,(H,24,29). The first-order valence-corrected chi connectivity index (χ1v) is 10.2. The zero-order chi connectivity index (χ0) is 22.7. The number of ether oxygens (including phenoxy) is 1. The third-order valence-electron chi connectivity index (χ3n) is 4.58. The molecule has 1 amide bonds. The van der Waals surface area contributed by atoms with E-state index in [4.69, 9.17) is 20.8 Å². The van der Waals surface area contributed by atoms with Crippen LogP contribution in [0.15, 0.2) is 46.9 Å². The zero-order valence-electron chi connectivity index (χ0n) is 17.5. The third kappa shape index (κ3) is 5.12. The molecule has 32 heavy (non-hydrogen) atoms. The highest BCUT2D eigenvalue weighted by Gasteiger charge is 2.14. The van der Waals surface area contributed by atoms with Gasteiger partial charge in [-0.2, -0.15) is 4.98 Å². The molecule has 1 aromatic carbocycles. The molecular weight excluding hydrogens is 434 g/mol. The number of benzene rings is 1. The van der Waals surface area contributed by atoms with Crippen LogP contribution in [0.1, 0.15) is 23.0 Å². The number of hydrogen-bond acceptors (Lipinski definition) is 7. The number of aromatic nitrogens is 4. The second-order valence-electron chi connectivity index (χ2n) is 7.17. The molecule has 0 aliphatic rings. The van der Waals surface area contributed by atoms with Gasteiger partial charge >= 0.3 is 5.97 Å². The summed E-state index contributed by atoms with van der Waals surface area (Å²) >= 11 is 5.89. The Morgan fingerprint density at radius 1 is 1.12 bits per heavy atom. The minimum Gasteiger partial charge on any atom is -0.459 e. The van der Waals surface area contributed by atoms with E-state index in [1.807, 2.05) is 38.1 Å². The molecule has 0 aliphatic heterocycles. The molecule has 0 unspecified atom stereocenters. The van der Waals surface area contributed by atoms with Crippen molar-refractivity contribution >= 4 is 29.3 Å². The van der Waals surface area contributed by atoms with Crippen LogP contribution in [0.2, 0.25) is 5.02 Å². The fraction of sp³-hybridized carbons (Fsp3) is 0.227. The van der Waals surface area contributed by atoms with Crippen LogP contribution in [0.3, 0.4) is 0 Å². The maximum absolute atomic E-state index is 12.1. The van der Waals surface area contributed by atoms with E-state index in [1.54, 1.807) is 22.7 Å². The number of furan rings is 1. The number of aryl methyl sites for hydroxylation is 2. The molecule has 0 atom stereocenters. The molecule has 0 saturated heterocycles. The Hall–Kier alpha value is -3.72. The molecule has 10 heteroatoms. The average molecular weight is 454 g/mol. The van der Waals surface area contributed by atoms with E-state index in [9.17, 15) is 9.59 Å². The van der Waals surface area contributed by atoms with Crippen molar-refractivity contribution in [3.63, 3.8) is 0 Å². The van der Waals surface area contributed by atoms with Crippen LogP contribution in [-0.4, -0.2) is 38.1 Å². The van der Waals surface area contributed by atoms with Gasteiger partial charge in [0.15, 0.2) is 12.4 Å². The number of esters is 1. The van der Waals surface area contributed by atoms with Crippen molar-refractivity contribution in [1.82, 2.24) is 24.9 Å². The first kappa shape index (κ1) is 21.5. The maximum Gasteiger partial charge on any atom is 0.314 e. The SMILES string of the molecule is Cc1cc(C)n2nc(CC(=O)OCC(=O)NCc3ccc(-c4ccc(Cl)cc4)o3)nc2n1. The van der Waals surface area contributed by atoms with Crippen molar-refractivity contribution in [2.24, 2.45) is 0 Å². The van der Waals surface area contributed by atoms with Crippen LogP contribution in [0.25, 0.3) is 17.1 Å². The Kier molecular flexibility index (Phi) is 6.18. The summed E-state index contributed by atoms with van der Waals surface area (Å²) in [5.74, 6) is 0.882. The van der Waals surface area contributed by atoms with E-state index in [1.165, 1.54) is 0 Å². The monoisotopic (exact) mass is 453 g/mol. The Bertz CT molecular complexity index is 1280. The molecule has 0 spiro atoms. The van der Waals surface area contributed by atoms with Crippen LogP contribution in [0, 0.1) is 13.8 Å². The van der Waals surface area contributed by atoms with E-state index in [0.29, 0.717) is 22.3 Å². The van der Waals surface area contributed by atoms with Gasteiger partial charge in [0.05, 0.1) is 6.54 Å². The minimum absolute atomic E-state index is 0.155. The number of nitrogens with one attached hydrogen (secondary N) is 1. The minimum atomic E-state index is -0.603. The summed E-state index contributed by atoms with van der Waals surface area (Å²) in [5.41, 5.74) is 2.54. The lowest BCUT2D eigenvalue weighted by atomic mass is 10.2. The highest BCUT2D eigenvalue weighted by Crippen LogP contribution is 2.23. The van der Waals surface area contributed by atoms with Gasteiger partial charge in [0.2, 0.25) is 0 Å². The lowest BCUT2D eigenvalue weighted by Gasteiger charge is -2.04. The van der Waals surface area contributed by atoms with Gasteiger partial charge in [-0.3, -0.25) is 9.59 Å². The van der Waals surface area contributed by atoms with Gasteiger partial charge in [0, 0.05) is 22.0 Å². The highest BCUT2D eigenvalue weighted by molar-refractivity contribution is 6.30. The topological polar surface area (TPSA) is 112 Å². The first-order valence-electron chi connectivity index (χ1n) is 9.84. The van der Waals surface area contributed by atoms with E-state index < -0.39 is 18.5 Å². The zero-order valence-corrected chi connectivity index (χ0v) is 18.2. The number of carbonyl (C=O) groups excluding carboxylic acids is 2. The van der Waals surface area contributed by atoms with Crippen molar-refractivity contribution < 1.29 is 18.7 Å². The van der Waals surface area contributed by atoms with Crippen molar-refractivity contribution in [3.05, 3.63) is 70.5 Å². The summed E-state index contributed by atoms with van der Waals surface area (Å²) in [5, 5.41) is 7.54. The maximum atomic E-state index is 12.1. The average Bonchev–Trinajstić information content (AvgIpc) is 3.38. The van der Waals surface area contributed by atoms with Crippen LogP contribution in [-0.2, 0) is 27.3 Å². The molecule has 1 N–H and O–H groups in total. The molecule has 0 radical (unpaired) electrons. The fourth-order valence-electron chi connectivity index (χ4n) is 3.09. The number of hydrogen-bond donors (Lipinski definition) is 1. The fourth-order valence-corrected chi connectivity index (χ4v) is 3.21. The summed E-state index contributed by atoms with van der Waals surface area (Å²) in [6.45, 7) is 3.49. The Morgan fingerprint density at radius 3 is 2.69 bits per heavy atom. The van der Waals surface area contributed by atoms with Crippen molar-refractivity contribution in [2.45, 2.75) is 26.8 Å². The second-order valence-corrected chi connectivity index (χ2v) is 7.60. The van der Waals surface area contributed by atoms with E-state index in [2.05, 4.69) is 20.4 Å². The van der Waals surface area contributed by atoms with Gasteiger partial charge in [-0.25, -0.2) is 9.50 Å². The summed E-state index contributed by atoms with van der Waals surface area (Å²) in [4.78, 5) is 32.6. The van der Waals surface area contributed by atoms with Gasteiger partial charge in [-0.1, -0.05) is 11.6 Å². The summed E-state index contributed by atoms with van der Waals surface area (Å²) in [7, 11) is 0. The Labute approximate surface area is 188 Å². The molecule has 4 aromatic rings. The number of halogens is 1. The van der Waals surface area contributed by atoms with Crippen molar-refractivity contribution in [2.75, 3.05) is 6.61 Å². The molecular formula is C22H20ClN5O4. The molecule has 164 valence electrons. The van der Waals surface area contributed by atoms with Gasteiger partial charge in [-0.15, -0.1) is 5.10 Å². The number of fused-ring (bicyclic) bond motifs is 1. The molecule has 3 heterocycles. The molecule has 0 aliphatic carbocycles. The Balaban J connectivity index is 1.25. The van der Waals surface area contributed by atoms with Gasteiger partial charge in [0.1, 0.15) is 17.9 Å². The lowest BCUT2D eigenvalue weighted by molar-refractivity contribution is -0.148. The number of amides is 1. The largest absolute Gasteiger partial charge is 0.459 e. The molecule has 0 fully saturated rings. The van der Waals surface area contributed by atoms with Gasteiger partial charge < -0.3 is 14.5 Å². The van der Waals surface area contributed by atoms with Gasteiger partial charge in [0.25, 0.3) is 11.7 Å². The lowest BCUT2D eigenvalue weighted by Crippen LogP contribution is -2.28. The predicted octanol–water partition coefficient (Wildman–Crippen LogP) is 3.06.